The average molecular weight is 733 g/mol. The molecule has 0 saturated carbocycles. The van der Waals surface area contributed by atoms with Gasteiger partial charge in [0.15, 0.2) is 0 Å². The molecule has 0 radical (unpaired) electrons. The van der Waals surface area contributed by atoms with Gasteiger partial charge in [-0.3, -0.25) is 19.4 Å². The second-order valence-corrected chi connectivity index (χ2v) is 14.0. The van der Waals surface area contributed by atoms with Crippen molar-refractivity contribution in [2.24, 2.45) is 0 Å². The molecule has 6 rings (SSSR count). The molecule has 3 amide bonds. The number of nitrogens with one attached hydrogen (secondary N) is 5. The van der Waals surface area contributed by atoms with Crippen molar-refractivity contribution in [2.45, 2.75) is 78.0 Å². The largest absolute Gasteiger partial charge is 0.496 e. The van der Waals surface area contributed by atoms with Crippen LogP contribution in [0.15, 0.2) is 66.9 Å². The molecule has 2 unspecified atom stereocenters. The lowest BCUT2D eigenvalue weighted by molar-refractivity contribution is -0.120. The Bertz CT molecular complexity index is 2060. The first kappa shape index (κ1) is 38.3. The van der Waals surface area contributed by atoms with Crippen molar-refractivity contribution >= 4 is 35.3 Å². The maximum Gasteiger partial charge on any atom is 0.274 e. The molecule has 2 aliphatic rings. The monoisotopic (exact) mass is 732 g/mol. The van der Waals surface area contributed by atoms with E-state index in [4.69, 9.17) is 4.74 Å². The van der Waals surface area contributed by atoms with Crippen LogP contribution in [-0.4, -0.2) is 55.0 Å². The van der Waals surface area contributed by atoms with Crippen LogP contribution >= 0.6 is 0 Å². The number of aromatic nitrogens is 1. The Hall–Kier alpha value is -5.39. The number of aryl methyl sites for hydroxylation is 1. The number of halogens is 1. The maximum atomic E-state index is 15.9. The summed E-state index contributed by atoms with van der Waals surface area (Å²) in [6.45, 7) is 8.48. The molecular weight excluding hydrogens is 684 g/mol. The number of carbonyl (C=O) groups excluding carboxylic acids is 3. The Kier molecular flexibility index (Phi) is 12.5. The molecule has 2 fully saturated rings. The van der Waals surface area contributed by atoms with Gasteiger partial charge < -0.3 is 31.3 Å². The molecule has 4 aromatic rings. The van der Waals surface area contributed by atoms with Gasteiger partial charge in [0.1, 0.15) is 17.3 Å². The summed E-state index contributed by atoms with van der Waals surface area (Å²) in [4.78, 5) is 40.8. The second-order valence-electron chi connectivity index (χ2n) is 14.0. The van der Waals surface area contributed by atoms with Crippen LogP contribution < -0.4 is 31.3 Å². The van der Waals surface area contributed by atoms with Crippen LogP contribution in [0.25, 0.3) is 23.0 Å². The smallest absolute Gasteiger partial charge is 0.274 e. The fourth-order valence-corrected chi connectivity index (χ4v) is 7.18. The lowest BCUT2D eigenvalue weighted by atomic mass is 9.92. The summed E-state index contributed by atoms with van der Waals surface area (Å²) in [6.07, 6.45) is 6.77. The highest BCUT2D eigenvalue weighted by atomic mass is 19.1. The lowest BCUT2D eigenvalue weighted by Gasteiger charge is -2.16. The van der Waals surface area contributed by atoms with E-state index in [-0.39, 0.29) is 41.3 Å². The molecule has 5 N–H and O–H groups in total. The normalized spacial score (nSPS) is 17.0. The number of amides is 3. The van der Waals surface area contributed by atoms with E-state index in [1.807, 2.05) is 68.4 Å². The molecule has 2 aliphatic heterocycles. The SMILES string of the molecule is CCc1cc(/C(F)=C/c2cccc(-c3cccc(NC(=O)c4cc(OC)c(CNCC5CCC(=O)N5)cn4)c3C)c2C)ccc1CNCC1CCC(=O)N1. The number of nitrogens with zero attached hydrogens (tertiary/aromatic N) is 1. The van der Waals surface area contributed by atoms with Crippen molar-refractivity contribution < 1.29 is 23.5 Å². The van der Waals surface area contributed by atoms with Crippen molar-refractivity contribution in [3.05, 3.63) is 111 Å². The molecule has 3 aromatic carbocycles. The van der Waals surface area contributed by atoms with Crippen molar-refractivity contribution in [3.63, 3.8) is 0 Å². The van der Waals surface area contributed by atoms with Gasteiger partial charge >= 0.3 is 0 Å². The van der Waals surface area contributed by atoms with Crippen molar-refractivity contribution in [3.8, 4) is 16.9 Å². The Labute approximate surface area is 316 Å². The first-order valence-corrected chi connectivity index (χ1v) is 18.7. The number of rotatable bonds is 15. The first-order chi connectivity index (χ1) is 26.1. The van der Waals surface area contributed by atoms with Crippen LogP contribution in [0, 0.1) is 13.8 Å². The third-order valence-corrected chi connectivity index (χ3v) is 10.4. The van der Waals surface area contributed by atoms with Gasteiger partial charge in [0.2, 0.25) is 11.8 Å². The van der Waals surface area contributed by atoms with E-state index in [1.54, 1.807) is 25.4 Å². The molecule has 0 spiro atoms. The summed E-state index contributed by atoms with van der Waals surface area (Å²) in [5.74, 6) is 0.0385. The predicted octanol–water partition coefficient (Wildman–Crippen LogP) is 6.39. The predicted molar refractivity (Wildman–Crippen MR) is 211 cm³/mol. The quantitative estimate of drug-likeness (QED) is 0.0895. The first-order valence-electron chi connectivity index (χ1n) is 18.7. The summed E-state index contributed by atoms with van der Waals surface area (Å²) >= 11 is 0. The van der Waals surface area contributed by atoms with Gasteiger partial charge in [-0.15, -0.1) is 0 Å². The molecular formula is C43H49FN6O4. The Morgan fingerprint density at radius 2 is 1.52 bits per heavy atom. The summed E-state index contributed by atoms with van der Waals surface area (Å²) in [7, 11) is 1.56. The van der Waals surface area contributed by atoms with E-state index in [1.165, 1.54) is 0 Å². The third-order valence-electron chi connectivity index (χ3n) is 10.4. The summed E-state index contributed by atoms with van der Waals surface area (Å²) < 4.78 is 21.4. The van der Waals surface area contributed by atoms with E-state index >= 15 is 4.39 Å². The molecule has 11 heteroatoms. The Morgan fingerprint density at radius 3 is 2.15 bits per heavy atom. The standard InChI is InChI=1S/C43H49FN6O4/c1-5-28-18-30(12-13-31(28)21-45-24-33-14-16-41(51)48-33)37(44)19-29-8-6-9-35(26(29)2)36-10-7-11-38(27(36)3)50-43(53)39-20-40(54-4)32(23-47-39)22-46-25-34-15-17-42(52)49-34/h6-13,18-20,23,33-34,45-46H,5,14-17,21-22,24-25H2,1-4H3,(H,48,51)(H,49,52)(H,50,53)/b37-19-. The van der Waals surface area contributed by atoms with Gasteiger partial charge in [-0.2, -0.15) is 0 Å². The number of benzene rings is 3. The second kappa shape index (κ2) is 17.6. The van der Waals surface area contributed by atoms with E-state index in [0.29, 0.717) is 56.0 Å². The van der Waals surface area contributed by atoms with Crippen LogP contribution in [0.1, 0.15) is 82.0 Å². The number of hydrogen-bond acceptors (Lipinski definition) is 7. The molecule has 10 nitrogen and oxygen atoms in total. The zero-order chi connectivity index (χ0) is 38.2. The van der Waals surface area contributed by atoms with Crippen molar-refractivity contribution in [1.82, 2.24) is 26.3 Å². The van der Waals surface area contributed by atoms with Crippen LogP contribution in [0.4, 0.5) is 10.1 Å². The van der Waals surface area contributed by atoms with E-state index in [0.717, 1.165) is 63.8 Å². The zero-order valence-electron chi connectivity index (χ0n) is 31.4. The minimum absolute atomic E-state index is 0.0753. The Balaban J connectivity index is 1.13. The number of ether oxygens (including phenoxy) is 1. The maximum absolute atomic E-state index is 15.9. The highest BCUT2D eigenvalue weighted by Gasteiger charge is 2.22. The van der Waals surface area contributed by atoms with Gasteiger partial charge in [-0.05, 0) is 90.3 Å². The molecule has 0 aliphatic carbocycles. The van der Waals surface area contributed by atoms with Gasteiger partial charge in [-0.1, -0.05) is 49.4 Å². The fourth-order valence-electron chi connectivity index (χ4n) is 7.18. The number of methoxy groups -OCH3 is 1. The topological polar surface area (TPSA) is 133 Å². The molecule has 2 saturated heterocycles. The van der Waals surface area contributed by atoms with Crippen LogP contribution in [0.3, 0.4) is 0 Å². The van der Waals surface area contributed by atoms with Gasteiger partial charge in [-0.25, -0.2) is 4.39 Å². The van der Waals surface area contributed by atoms with E-state index < -0.39 is 0 Å². The lowest BCUT2D eigenvalue weighted by Crippen LogP contribution is -2.35. The zero-order valence-corrected chi connectivity index (χ0v) is 31.4. The molecule has 3 heterocycles. The Morgan fingerprint density at radius 1 is 0.870 bits per heavy atom. The van der Waals surface area contributed by atoms with Crippen molar-refractivity contribution in [2.75, 3.05) is 25.5 Å². The number of carbonyl (C=O) groups is 3. The van der Waals surface area contributed by atoms with Gasteiger partial charge in [0.05, 0.1) is 7.11 Å². The average Bonchev–Trinajstić information content (AvgIpc) is 3.80. The summed E-state index contributed by atoms with van der Waals surface area (Å²) in [5, 5.41) is 15.7. The number of hydrogen-bond donors (Lipinski definition) is 5. The molecule has 0 bridgehead atoms. The molecule has 282 valence electrons. The van der Waals surface area contributed by atoms with Gasteiger partial charge in [0.25, 0.3) is 5.91 Å². The van der Waals surface area contributed by atoms with Crippen molar-refractivity contribution in [1.29, 1.82) is 0 Å². The summed E-state index contributed by atoms with van der Waals surface area (Å²) in [6, 6.07) is 19.2. The van der Waals surface area contributed by atoms with Crippen LogP contribution in [-0.2, 0) is 29.1 Å². The minimum atomic E-state index is -0.368. The summed E-state index contributed by atoms with van der Waals surface area (Å²) in [5.41, 5.74) is 8.80. The van der Waals surface area contributed by atoms with Gasteiger partial charge in [0, 0.05) is 80.2 Å². The molecule has 54 heavy (non-hydrogen) atoms. The third kappa shape index (κ3) is 9.21. The molecule has 1 aromatic heterocycles. The highest BCUT2D eigenvalue weighted by molar-refractivity contribution is 6.04. The minimum Gasteiger partial charge on any atom is -0.496 e. The number of pyridine rings is 1. The number of anilines is 1. The van der Waals surface area contributed by atoms with E-state index in [2.05, 4.69) is 38.5 Å². The van der Waals surface area contributed by atoms with Crippen LogP contribution in [0.5, 0.6) is 5.75 Å². The fraction of sp³-hybridized carbons (Fsp3) is 0.349. The van der Waals surface area contributed by atoms with E-state index in [9.17, 15) is 14.4 Å². The highest BCUT2D eigenvalue weighted by Crippen LogP contribution is 2.34. The van der Waals surface area contributed by atoms with Crippen LogP contribution in [0.2, 0.25) is 0 Å². The molecule has 2 atom stereocenters.